The molecule has 0 aromatic heterocycles. The Bertz CT molecular complexity index is 432. The van der Waals surface area contributed by atoms with Gasteiger partial charge in [-0.05, 0) is 12.8 Å². The lowest BCUT2D eigenvalue weighted by Gasteiger charge is -2.35. The zero-order valence-electron chi connectivity index (χ0n) is 12.4. The molecule has 1 aliphatic carbocycles. The third-order valence-corrected chi connectivity index (χ3v) is 4.44. The van der Waals surface area contributed by atoms with Gasteiger partial charge in [-0.1, -0.05) is 19.3 Å². The van der Waals surface area contributed by atoms with E-state index in [1.165, 1.54) is 18.4 Å². The molecule has 0 aromatic carbocycles. The molecule has 0 bridgehead atoms. The third-order valence-electron chi connectivity index (χ3n) is 4.44. The predicted octanol–water partition coefficient (Wildman–Crippen LogP) is -0.0606. The Hall–Kier alpha value is -1.63. The van der Waals surface area contributed by atoms with E-state index in [4.69, 9.17) is 0 Å². The van der Waals surface area contributed by atoms with Crippen LogP contribution in [0.3, 0.4) is 0 Å². The van der Waals surface area contributed by atoms with Crippen LogP contribution < -0.4 is 5.32 Å². The topological polar surface area (TPSA) is 90.0 Å². The first-order valence-corrected chi connectivity index (χ1v) is 7.40. The van der Waals surface area contributed by atoms with Crippen LogP contribution in [0.2, 0.25) is 0 Å². The zero-order valence-corrected chi connectivity index (χ0v) is 12.4. The molecule has 2 N–H and O–H groups in total. The standard InChI is InChI=1S/C14H23N3O4/c1-16-8-12(20)17(13(16)21)7-11(19)15-9-14(10-18)5-3-2-4-6-14/h18H,2-10H2,1H3,(H,15,19). The van der Waals surface area contributed by atoms with Gasteiger partial charge in [0.25, 0.3) is 5.91 Å². The Labute approximate surface area is 124 Å². The van der Waals surface area contributed by atoms with E-state index < -0.39 is 6.03 Å². The molecule has 2 fully saturated rings. The smallest absolute Gasteiger partial charge is 0.327 e. The highest BCUT2D eigenvalue weighted by Crippen LogP contribution is 2.35. The first-order chi connectivity index (χ1) is 9.97. The van der Waals surface area contributed by atoms with Crippen LogP contribution in [0.1, 0.15) is 32.1 Å². The van der Waals surface area contributed by atoms with Crippen molar-refractivity contribution in [1.29, 1.82) is 0 Å². The van der Waals surface area contributed by atoms with Crippen molar-refractivity contribution >= 4 is 17.8 Å². The molecule has 1 aliphatic heterocycles. The summed E-state index contributed by atoms with van der Waals surface area (Å²) in [4.78, 5) is 37.5. The number of hydrogen-bond acceptors (Lipinski definition) is 4. The van der Waals surface area contributed by atoms with Gasteiger partial charge in [-0.15, -0.1) is 0 Å². The summed E-state index contributed by atoms with van der Waals surface area (Å²) < 4.78 is 0. The van der Waals surface area contributed by atoms with Crippen molar-refractivity contribution in [3.63, 3.8) is 0 Å². The van der Waals surface area contributed by atoms with Crippen molar-refractivity contribution in [3.05, 3.63) is 0 Å². The number of carbonyl (C=O) groups is 3. The van der Waals surface area contributed by atoms with Crippen molar-refractivity contribution in [1.82, 2.24) is 15.1 Å². The molecule has 0 atom stereocenters. The molecule has 4 amide bonds. The Morgan fingerprint density at radius 1 is 1.29 bits per heavy atom. The predicted molar refractivity (Wildman–Crippen MR) is 75.4 cm³/mol. The van der Waals surface area contributed by atoms with Gasteiger partial charge in [-0.3, -0.25) is 14.5 Å². The fraction of sp³-hybridized carbons (Fsp3) is 0.786. The minimum absolute atomic E-state index is 0.0205. The number of aliphatic hydroxyl groups is 1. The summed E-state index contributed by atoms with van der Waals surface area (Å²) >= 11 is 0. The maximum absolute atomic E-state index is 11.9. The van der Waals surface area contributed by atoms with Crippen molar-refractivity contribution in [2.45, 2.75) is 32.1 Å². The Balaban J connectivity index is 1.84. The first-order valence-electron chi connectivity index (χ1n) is 7.40. The average molecular weight is 297 g/mol. The Kier molecular flexibility index (Phi) is 4.82. The fourth-order valence-corrected chi connectivity index (χ4v) is 3.00. The monoisotopic (exact) mass is 297 g/mol. The molecule has 1 heterocycles. The lowest BCUT2D eigenvalue weighted by atomic mass is 9.74. The second-order valence-corrected chi connectivity index (χ2v) is 6.11. The summed E-state index contributed by atoms with van der Waals surface area (Å²) in [6.07, 6.45) is 5.08. The molecule has 0 aromatic rings. The molecule has 0 spiro atoms. The minimum atomic E-state index is -0.440. The molecule has 21 heavy (non-hydrogen) atoms. The Morgan fingerprint density at radius 3 is 2.48 bits per heavy atom. The van der Waals surface area contributed by atoms with E-state index in [-0.39, 0.29) is 36.9 Å². The van der Waals surface area contributed by atoms with E-state index in [0.29, 0.717) is 6.54 Å². The summed E-state index contributed by atoms with van der Waals surface area (Å²) in [5, 5.41) is 12.3. The number of nitrogens with zero attached hydrogens (tertiary/aromatic N) is 2. The normalized spacial score (nSPS) is 21.8. The number of aliphatic hydroxyl groups excluding tert-OH is 1. The van der Waals surface area contributed by atoms with Gasteiger partial charge in [0, 0.05) is 19.0 Å². The van der Waals surface area contributed by atoms with Gasteiger partial charge in [-0.25, -0.2) is 4.79 Å². The number of likely N-dealkylation sites (N-methyl/N-ethyl adjacent to an activating group) is 1. The second kappa shape index (κ2) is 6.43. The van der Waals surface area contributed by atoms with Crippen molar-refractivity contribution in [2.24, 2.45) is 5.41 Å². The summed E-state index contributed by atoms with van der Waals surface area (Å²) in [7, 11) is 1.53. The zero-order chi connectivity index (χ0) is 15.5. The van der Waals surface area contributed by atoms with Crippen LogP contribution >= 0.6 is 0 Å². The van der Waals surface area contributed by atoms with Gasteiger partial charge >= 0.3 is 6.03 Å². The van der Waals surface area contributed by atoms with E-state index in [0.717, 1.165) is 30.6 Å². The van der Waals surface area contributed by atoms with Gasteiger partial charge in [0.2, 0.25) is 5.91 Å². The molecule has 7 heteroatoms. The molecule has 1 saturated carbocycles. The molecule has 0 radical (unpaired) electrons. The summed E-state index contributed by atoms with van der Waals surface area (Å²) in [6, 6.07) is -0.440. The Morgan fingerprint density at radius 2 is 1.95 bits per heavy atom. The van der Waals surface area contributed by atoms with Crippen LogP contribution in [-0.4, -0.2) is 66.0 Å². The van der Waals surface area contributed by atoms with Crippen molar-refractivity contribution in [3.8, 4) is 0 Å². The number of imide groups is 1. The minimum Gasteiger partial charge on any atom is -0.396 e. The van der Waals surface area contributed by atoms with E-state index >= 15 is 0 Å². The number of nitrogens with one attached hydrogen (secondary N) is 1. The van der Waals surface area contributed by atoms with Crippen LogP contribution in [0.25, 0.3) is 0 Å². The number of carbonyl (C=O) groups excluding carboxylic acids is 3. The molecule has 2 rings (SSSR count). The highest BCUT2D eigenvalue weighted by Gasteiger charge is 2.36. The highest BCUT2D eigenvalue weighted by atomic mass is 16.3. The van der Waals surface area contributed by atoms with Gasteiger partial charge in [-0.2, -0.15) is 0 Å². The SMILES string of the molecule is CN1CC(=O)N(CC(=O)NCC2(CO)CCCCC2)C1=O. The van der Waals surface area contributed by atoms with E-state index in [9.17, 15) is 19.5 Å². The molecular formula is C14H23N3O4. The fourth-order valence-electron chi connectivity index (χ4n) is 3.00. The van der Waals surface area contributed by atoms with Crippen LogP contribution in [0.5, 0.6) is 0 Å². The molecule has 1 saturated heterocycles. The summed E-state index contributed by atoms with van der Waals surface area (Å²) in [5.41, 5.74) is -0.246. The van der Waals surface area contributed by atoms with Crippen molar-refractivity contribution < 1.29 is 19.5 Å². The molecular weight excluding hydrogens is 274 g/mol. The molecule has 118 valence electrons. The van der Waals surface area contributed by atoms with E-state index in [2.05, 4.69) is 5.32 Å². The molecule has 0 unspecified atom stereocenters. The lowest BCUT2D eigenvalue weighted by molar-refractivity contribution is -0.131. The maximum atomic E-state index is 11.9. The van der Waals surface area contributed by atoms with Crippen molar-refractivity contribution in [2.75, 3.05) is 33.3 Å². The van der Waals surface area contributed by atoms with E-state index in [1.807, 2.05) is 0 Å². The van der Waals surface area contributed by atoms with E-state index in [1.54, 1.807) is 0 Å². The van der Waals surface area contributed by atoms with Crippen LogP contribution in [0.15, 0.2) is 0 Å². The lowest BCUT2D eigenvalue weighted by Crippen LogP contribution is -2.46. The number of hydrogen-bond donors (Lipinski definition) is 2. The quantitative estimate of drug-likeness (QED) is 0.696. The largest absolute Gasteiger partial charge is 0.396 e. The van der Waals surface area contributed by atoms with Crippen LogP contribution in [0.4, 0.5) is 4.79 Å². The molecule has 2 aliphatic rings. The summed E-state index contributed by atoms with van der Waals surface area (Å²) in [6.45, 7) is 0.224. The number of rotatable bonds is 5. The third kappa shape index (κ3) is 3.53. The van der Waals surface area contributed by atoms with Gasteiger partial charge in [0.15, 0.2) is 0 Å². The second-order valence-electron chi connectivity index (χ2n) is 6.11. The van der Waals surface area contributed by atoms with Gasteiger partial charge in [0.1, 0.15) is 13.1 Å². The van der Waals surface area contributed by atoms with Crippen LogP contribution in [-0.2, 0) is 9.59 Å². The number of amides is 4. The maximum Gasteiger partial charge on any atom is 0.327 e. The number of urea groups is 1. The first kappa shape index (κ1) is 15.8. The highest BCUT2D eigenvalue weighted by molar-refractivity contribution is 6.04. The summed E-state index contributed by atoms with van der Waals surface area (Å²) in [5.74, 6) is -0.711. The molecule has 7 nitrogen and oxygen atoms in total. The van der Waals surface area contributed by atoms with Crippen LogP contribution in [0, 0.1) is 5.41 Å². The van der Waals surface area contributed by atoms with Gasteiger partial charge < -0.3 is 15.3 Å². The van der Waals surface area contributed by atoms with Gasteiger partial charge in [0.05, 0.1) is 6.61 Å². The average Bonchev–Trinajstić information content (AvgIpc) is 2.73.